The number of benzene rings is 1. The molecule has 0 aliphatic carbocycles. The zero-order valence-corrected chi connectivity index (χ0v) is 16.8. The zero-order chi connectivity index (χ0) is 19.7. The fraction of sp³-hybridized carbons (Fsp3) is 0.368. The topological polar surface area (TPSA) is 88.2 Å². The van der Waals surface area contributed by atoms with Gasteiger partial charge in [-0.1, -0.05) is 11.6 Å². The van der Waals surface area contributed by atoms with E-state index in [2.05, 4.69) is 25.9 Å². The lowest BCUT2D eigenvalue weighted by Gasteiger charge is -2.30. The summed E-state index contributed by atoms with van der Waals surface area (Å²) in [5.41, 5.74) is 1.75. The van der Waals surface area contributed by atoms with Gasteiger partial charge in [-0.15, -0.1) is 0 Å². The molecule has 4 rings (SSSR count). The number of fused-ring (bicyclic) bond motifs is 1. The number of halogens is 1. The standard InChI is InChI=1S/C19H20ClN5O2S/c1-10-5-15(25-19(28)24-10)18(26)23-9-13-7-11-6-12(20)8-14(16(11)27-13)17-21-3-2-4-22-17/h2-4,6,8,10,13,15H,5,7,9H2,1H3,(H,23,26)(H2,24,25,28)/t10-,13-,15+/m1/s1. The molecule has 0 radical (unpaired) electrons. The summed E-state index contributed by atoms with van der Waals surface area (Å²) in [4.78, 5) is 21.1. The molecule has 1 amide bonds. The van der Waals surface area contributed by atoms with Crippen molar-refractivity contribution in [3.63, 3.8) is 0 Å². The monoisotopic (exact) mass is 417 g/mol. The first-order valence-corrected chi connectivity index (χ1v) is 9.89. The van der Waals surface area contributed by atoms with Gasteiger partial charge in [-0.05, 0) is 43.8 Å². The van der Waals surface area contributed by atoms with Gasteiger partial charge in [0, 0.05) is 35.4 Å². The highest BCUT2D eigenvalue weighted by Gasteiger charge is 2.30. The molecule has 1 aromatic carbocycles. The van der Waals surface area contributed by atoms with Crippen LogP contribution in [-0.4, -0.2) is 45.7 Å². The summed E-state index contributed by atoms with van der Waals surface area (Å²) in [6.07, 6.45) is 4.51. The van der Waals surface area contributed by atoms with Crippen LogP contribution in [0.1, 0.15) is 18.9 Å². The van der Waals surface area contributed by atoms with Gasteiger partial charge in [0.2, 0.25) is 5.91 Å². The quantitative estimate of drug-likeness (QED) is 0.654. The van der Waals surface area contributed by atoms with Gasteiger partial charge in [0.05, 0.1) is 12.1 Å². The average Bonchev–Trinajstić information content (AvgIpc) is 3.08. The second-order valence-corrected chi connectivity index (χ2v) is 7.85. The molecule has 0 bridgehead atoms. The first kappa shape index (κ1) is 18.9. The van der Waals surface area contributed by atoms with Gasteiger partial charge in [0.15, 0.2) is 10.9 Å². The lowest BCUT2D eigenvalue weighted by atomic mass is 10.0. The van der Waals surface area contributed by atoms with E-state index >= 15 is 0 Å². The molecule has 1 fully saturated rings. The van der Waals surface area contributed by atoms with Crippen LogP contribution < -0.4 is 20.7 Å². The number of carbonyl (C=O) groups excluding carboxylic acids is 1. The third-order valence-electron chi connectivity index (χ3n) is 4.76. The van der Waals surface area contributed by atoms with Gasteiger partial charge in [0.1, 0.15) is 17.9 Å². The molecule has 1 aromatic heterocycles. The lowest BCUT2D eigenvalue weighted by molar-refractivity contribution is -0.123. The van der Waals surface area contributed by atoms with Crippen molar-refractivity contribution in [3.8, 4) is 17.1 Å². The molecule has 2 aliphatic rings. The minimum absolute atomic E-state index is 0.0834. The summed E-state index contributed by atoms with van der Waals surface area (Å²) in [6, 6.07) is 5.27. The van der Waals surface area contributed by atoms with Crippen molar-refractivity contribution < 1.29 is 9.53 Å². The Hall–Kier alpha value is -2.45. The maximum absolute atomic E-state index is 12.5. The maximum Gasteiger partial charge on any atom is 0.242 e. The van der Waals surface area contributed by atoms with Crippen molar-refractivity contribution >= 4 is 34.8 Å². The zero-order valence-electron chi connectivity index (χ0n) is 15.2. The number of nitrogens with one attached hydrogen (secondary N) is 3. The second kappa shape index (κ2) is 7.89. The highest BCUT2D eigenvalue weighted by Crippen LogP contribution is 2.39. The number of rotatable bonds is 4. The smallest absolute Gasteiger partial charge is 0.242 e. The summed E-state index contributed by atoms with van der Waals surface area (Å²) in [5.74, 6) is 1.21. The molecule has 3 heterocycles. The van der Waals surface area contributed by atoms with Crippen LogP contribution in [-0.2, 0) is 11.2 Å². The Balaban J connectivity index is 1.43. The van der Waals surface area contributed by atoms with E-state index in [4.69, 9.17) is 28.6 Å². The minimum Gasteiger partial charge on any atom is -0.487 e. The average molecular weight is 418 g/mol. The van der Waals surface area contributed by atoms with Gasteiger partial charge in [-0.2, -0.15) is 0 Å². The van der Waals surface area contributed by atoms with Crippen LogP contribution >= 0.6 is 23.8 Å². The van der Waals surface area contributed by atoms with E-state index in [0.717, 1.165) is 16.9 Å². The molecule has 3 atom stereocenters. The largest absolute Gasteiger partial charge is 0.487 e. The van der Waals surface area contributed by atoms with E-state index in [1.807, 2.05) is 13.0 Å². The Morgan fingerprint density at radius 3 is 2.89 bits per heavy atom. The van der Waals surface area contributed by atoms with E-state index in [0.29, 0.717) is 35.3 Å². The number of aromatic nitrogens is 2. The summed E-state index contributed by atoms with van der Waals surface area (Å²) in [7, 11) is 0. The van der Waals surface area contributed by atoms with E-state index in [1.165, 1.54) is 0 Å². The number of hydrogen-bond acceptors (Lipinski definition) is 5. The molecule has 7 nitrogen and oxygen atoms in total. The molecule has 2 aliphatic heterocycles. The Morgan fingerprint density at radius 2 is 2.14 bits per heavy atom. The second-order valence-electron chi connectivity index (χ2n) is 7.01. The van der Waals surface area contributed by atoms with Crippen LogP contribution in [0.5, 0.6) is 5.75 Å². The molecule has 0 unspecified atom stereocenters. The highest BCUT2D eigenvalue weighted by molar-refractivity contribution is 7.80. The SMILES string of the molecule is C[C@@H]1C[C@@H](C(=O)NC[C@H]2Cc3cc(Cl)cc(-c4ncccn4)c3O2)NC(=S)N1. The van der Waals surface area contributed by atoms with Crippen molar-refractivity contribution in [2.75, 3.05) is 6.54 Å². The highest BCUT2D eigenvalue weighted by atomic mass is 35.5. The number of amides is 1. The Kier molecular flexibility index (Phi) is 5.32. The number of ether oxygens (including phenoxy) is 1. The Morgan fingerprint density at radius 1 is 1.36 bits per heavy atom. The van der Waals surface area contributed by atoms with E-state index in [-0.39, 0.29) is 24.1 Å². The molecule has 1 saturated heterocycles. The number of thiocarbonyl (C=S) groups is 1. The molecule has 9 heteroatoms. The molecular formula is C19H20ClN5O2S. The molecule has 28 heavy (non-hydrogen) atoms. The van der Waals surface area contributed by atoms with Crippen molar-refractivity contribution in [2.24, 2.45) is 0 Å². The predicted molar refractivity (Wildman–Crippen MR) is 110 cm³/mol. The third kappa shape index (κ3) is 4.02. The first-order chi connectivity index (χ1) is 13.5. The van der Waals surface area contributed by atoms with Crippen molar-refractivity contribution in [3.05, 3.63) is 41.2 Å². The lowest BCUT2D eigenvalue weighted by Crippen LogP contribution is -2.58. The van der Waals surface area contributed by atoms with E-state index < -0.39 is 0 Å². The van der Waals surface area contributed by atoms with E-state index in [9.17, 15) is 4.79 Å². The van der Waals surface area contributed by atoms with Crippen molar-refractivity contribution in [1.29, 1.82) is 0 Å². The number of hydrogen-bond donors (Lipinski definition) is 3. The van der Waals surface area contributed by atoms with Gasteiger partial charge >= 0.3 is 0 Å². The van der Waals surface area contributed by atoms with Crippen molar-refractivity contribution in [1.82, 2.24) is 25.9 Å². The molecular weight excluding hydrogens is 398 g/mol. The maximum atomic E-state index is 12.5. The van der Waals surface area contributed by atoms with Crippen LogP contribution in [0.25, 0.3) is 11.4 Å². The summed E-state index contributed by atoms with van der Waals surface area (Å²) in [5, 5.41) is 10.2. The predicted octanol–water partition coefficient (Wildman–Crippen LogP) is 1.84. The summed E-state index contributed by atoms with van der Waals surface area (Å²) >= 11 is 11.4. The fourth-order valence-corrected chi connectivity index (χ4v) is 4.10. The molecule has 0 spiro atoms. The molecule has 146 valence electrons. The molecule has 0 saturated carbocycles. The fourth-order valence-electron chi connectivity index (χ4n) is 3.52. The summed E-state index contributed by atoms with van der Waals surface area (Å²) in [6.45, 7) is 2.40. The van der Waals surface area contributed by atoms with Gasteiger partial charge in [-0.3, -0.25) is 4.79 Å². The van der Waals surface area contributed by atoms with Crippen molar-refractivity contribution in [2.45, 2.75) is 38.0 Å². The number of nitrogens with zero attached hydrogens (tertiary/aromatic N) is 2. The molecule has 2 aromatic rings. The minimum atomic E-state index is -0.338. The normalized spacial score (nSPS) is 23.2. The number of carbonyl (C=O) groups is 1. The van der Waals surface area contributed by atoms with E-state index in [1.54, 1.807) is 24.5 Å². The van der Waals surface area contributed by atoms with Crippen LogP contribution in [0.2, 0.25) is 5.02 Å². The Labute approximate surface area is 173 Å². The van der Waals surface area contributed by atoms with Gasteiger partial charge < -0.3 is 20.7 Å². The van der Waals surface area contributed by atoms with Crippen LogP contribution in [0, 0.1) is 0 Å². The van der Waals surface area contributed by atoms with Crippen LogP contribution in [0.3, 0.4) is 0 Å². The Bertz CT molecular complexity index is 911. The van der Waals surface area contributed by atoms with Crippen LogP contribution in [0.15, 0.2) is 30.6 Å². The van der Waals surface area contributed by atoms with Gasteiger partial charge in [0.25, 0.3) is 0 Å². The first-order valence-electron chi connectivity index (χ1n) is 9.11. The van der Waals surface area contributed by atoms with Gasteiger partial charge in [-0.25, -0.2) is 9.97 Å². The third-order valence-corrected chi connectivity index (χ3v) is 5.22. The molecule has 3 N–H and O–H groups in total. The summed E-state index contributed by atoms with van der Waals surface area (Å²) < 4.78 is 6.12. The van der Waals surface area contributed by atoms with Crippen LogP contribution in [0.4, 0.5) is 0 Å².